The van der Waals surface area contributed by atoms with E-state index in [2.05, 4.69) is 20.7 Å². The summed E-state index contributed by atoms with van der Waals surface area (Å²) in [5.41, 5.74) is 6.46. The molecule has 0 spiro atoms. The molecule has 2 aromatic carbocycles. The number of anilines is 2. The van der Waals surface area contributed by atoms with Gasteiger partial charge in [0.15, 0.2) is 0 Å². The molecule has 2 rings (SSSR count). The molecule has 0 bridgehead atoms. The highest BCUT2D eigenvalue weighted by Crippen LogP contribution is 2.29. The Morgan fingerprint density at radius 2 is 1.95 bits per heavy atom. The first-order valence-corrected chi connectivity index (χ1v) is 8.40. The molecule has 0 amide bonds. The molecule has 8 heteroatoms. The summed E-state index contributed by atoms with van der Waals surface area (Å²) in [5.74, 6) is 0.385. The third-order valence-electron chi connectivity index (χ3n) is 2.69. The molecular weight excluding hydrogens is 380 g/mol. The number of ether oxygens (including phenoxy) is 1. The van der Waals surface area contributed by atoms with E-state index in [9.17, 15) is 8.42 Å². The molecular formula is C13H12BrClN2O3S. The lowest BCUT2D eigenvalue weighted by Gasteiger charge is -2.11. The van der Waals surface area contributed by atoms with Crippen LogP contribution in [0, 0.1) is 0 Å². The van der Waals surface area contributed by atoms with Gasteiger partial charge in [0.1, 0.15) is 5.75 Å². The maximum absolute atomic E-state index is 12.3. The van der Waals surface area contributed by atoms with Crippen LogP contribution in [0.2, 0.25) is 5.02 Å². The average molecular weight is 392 g/mol. The van der Waals surface area contributed by atoms with E-state index in [0.717, 1.165) is 0 Å². The molecule has 112 valence electrons. The minimum Gasteiger partial charge on any atom is -0.495 e. The van der Waals surface area contributed by atoms with E-state index in [1.54, 1.807) is 12.1 Å². The van der Waals surface area contributed by atoms with Crippen molar-refractivity contribution in [3.05, 3.63) is 45.9 Å². The van der Waals surface area contributed by atoms with Gasteiger partial charge in [-0.25, -0.2) is 8.42 Å². The van der Waals surface area contributed by atoms with Crippen molar-refractivity contribution in [2.24, 2.45) is 0 Å². The number of sulfonamides is 1. The molecule has 0 unspecified atom stereocenters. The van der Waals surface area contributed by atoms with Gasteiger partial charge in [-0.2, -0.15) is 0 Å². The van der Waals surface area contributed by atoms with E-state index in [1.807, 2.05) is 0 Å². The highest BCUT2D eigenvalue weighted by atomic mass is 79.9. The summed E-state index contributed by atoms with van der Waals surface area (Å²) in [6.07, 6.45) is 0. The summed E-state index contributed by atoms with van der Waals surface area (Å²) in [4.78, 5) is 0.0949. The predicted octanol–water partition coefficient (Wildman–Crippen LogP) is 3.49. The molecule has 3 N–H and O–H groups in total. The maximum atomic E-state index is 12.3. The summed E-state index contributed by atoms with van der Waals surface area (Å²) in [7, 11) is -2.27. The van der Waals surface area contributed by atoms with Gasteiger partial charge >= 0.3 is 0 Å². The number of methoxy groups -OCH3 is 1. The van der Waals surface area contributed by atoms with Crippen LogP contribution in [0.5, 0.6) is 5.75 Å². The first-order valence-electron chi connectivity index (χ1n) is 5.75. The first-order chi connectivity index (χ1) is 9.83. The fourth-order valence-corrected chi connectivity index (χ4v) is 3.41. The molecule has 0 aliphatic rings. The third kappa shape index (κ3) is 3.61. The Morgan fingerprint density at radius 1 is 1.24 bits per heavy atom. The summed E-state index contributed by atoms with van der Waals surface area (Å²) >= 11 is 9.10. The Labute approximate surface area is 136 Å². The molecule has 0 saturated heterocycles. The summed E-state index contributed by atoms with van der Waals surface area (Å²) < 4.78 is 32.6. The number of rotatable bonds is 4. The van der Waals surface area contributed by atoms with Crippen molar-refractivity contribution in [1.82, 2.24) is 0 Å². The number of nitrogen functional groups attached to an aromatic ring is 1. The van der Waals surface area contributed by atoms with Crippen LogP contribution in [0.25, 0.3) is 0 Å². The monoisotopic (exact) mass is 390 g/mol. The van der Waals surface area contributed by atoms with Crippen LogP contribution in [0.15, 0.2) is 45.8 Å². The second-order valence-electron chi connectivity index (χ2n) is 4.14. The highest BCUT2D eigenvalue weighted by molar-refractivity contribution is 9.10. The normalized spacial score (nSPS) is 11.2. The van der Waals surface area contributed by atoms with Crippen molar-refractivity contribution in [3.8, 4) is 5.75 Å². The number of nitrogens with one attached hydrogen (secondary N) is 1. The van der Waals surface area contributed by atoms with Gasteiger partial charge in [0.25, 0.3) is 10.0 Å². The Bertz CT molecular complexity index is 781. The first kappa shape index (κ1) is 15.9. The smallest absolute Gasteiger partial charge is 0.261 e. The lowest BCUT2D eigenvalue weighted by molar-refractivity contribution is 0.415. The van der Waals surface area contributed by atoms with E-state index in [-0.39, 0.29) is 4.90 Å². The molecule has 0 aliphatic heterocycles. The molecule has 5 nitrogen and oxygen atoms in total. The van der Waals surface area contributed by atoms with Crippen LogP contribution in [-0.4, -0.2) is 15.5 Å². The third-order valence-corrected chi connectivity index (χ3v) is 5.06. The van der Waals surface area contributed by atoms with Crippen molar-refractivity contribution in [2.75, 3.05) is 17.6 Å². The van der Waals surface area contributed by atoms with E-state index < -0.39 is 10.0 Å². The molecule has 21 heavy (non-hydrogen) atoms. The van der Waals surface area contributed by atoms with Crippen LogP contribution in [0.1, 0.15) is 0 Å². The SMILES string of the molecule is COc1cc(NS(=O)(=O)c2ccc(N)c(Br)c2)ccc1Cl. The Morgan fingerprint density at radius 3 is 2.57 bits per heavy atom. The number of benzene rings is 2. The topological polar surface area (TPSA) is 81.4 Å². The fraction of sp³-hybridized carbons (Fsp3) is 0.0769. The summed E-state index contributed by atoms with van der Waals surface area (Å²) in [5, 5.41) is 0.399. The number of hydrogen-bond acceptors (Lipinski definition) is 4. The van der Waals surface area contributed by atoms with Crippen molar-refractivity contribution in [3.63, 3.8) is 0 Å². The minimum absolute atomic E-state index is 0.0949. The molecule has 0 atom stereocenters. The predicted molar refractivity (Wildman–Crippen MR) is 87.4 cm³/mol. The molecule has 0 fully saturated rings. The molecule has 0 aromatic heterocycles. The molecule has 0 saturated carbocycles. The van der Waals surface area contributed by atoms with Crippen LogP contribution in [0.4, 0.5) is 11.4 Å². The van der Waals surface area contributed by atoms with Gasteiger partial charge in [-0.15, -0.1) is 0 Å². The fourth-order valence-electron chi connectivity index (χ4n) is 1.61. The van der Waals surface area contributed by atoms with Crippen molar-refractivity contribution < 1.29 is 13.2 Å². The number of nitrogens with two attached hydrogens (primary N) is 1. The van der Waals surface area contributed by atoms with E-state index in [1.165, 1.54) is 31.4 Å². The van der Waals surface area contributed by atoms with Gasteiger partial charge in [0, 0.05) is 16.2 Å². The second-order valence-corrected chi connectivity index (χ2v) is 7.08. The van der Waals surface area contributed by atoms with Crippen LogP contribution in [-0.2, 0) is 10.0 Å². The second kappa shape index (κ2) is 6.13. The minimum atomic E-state index is -3.72. The molecule has 2 aromatic rings. The summed E-state index contributed by atoms with van der Waals surface area (Å²) in [6.45, 7) is 0. The van der Waals surface area contributed by atoms with Gasteiger partial charge in [-0.1, -0.05) is 11.6 Å². The summed E-state index contributed by atoms with van der Waals surface area (Å²) in [6, 6.07) is 8.99. The number of hydrogen-bond donors (Lipinski definition) is 2. The zero-order valence-corrected chi connectivity index (χ0v) is 14.1. The van der Waals surface area contributed by atoms with Crippen LogP contribution >= 0.6 is 27.5 Å². The van der Waals surface area contributed by atoms with Crippen molar-refractivity contribution >= 4 is 48.9 Å². The highest BCUT2D eigenvalue weighted by Gasteiger charge is 2.16. The van der Waals surface area contributed by atoms with Gasteiger partial charge in [-0.05, 0) is 46.3 Å². The Balaban J connectivity index is 2.35. The maximum Gasteiger partial charge on any atom is 0.261 e. The molecule has 0 radical (unpaired) electrons. The number of halogens is 2. The van der Waals surface area contributed by atoms with Gasteiger partial charge in [0.05, 0.1) is 22.7 Å². The van der Waals surface area contributed by atoms with Crippen LogP contribution < -0.4 is 15.2 Å². The van der Waals surface area contributed by atoms with E-state index in [4.69, 9.17) is 22.1 Å². The van der Waals surface area contributed by atoms with Gasteiger partial charge in [-0.3, -0.25) is 4.72 Å². The zero-order chi connectivity index (χ0) is 15.6. The van der Waals surface area contributed by atoms with E-state index in [0.29, 0.717) is 26.6 Å². The Kier molecular flexibility index (Phi) is 4.65. The lowest BCUT2D eigenvalue weighted by atomic mass is 10.3. The van der Waals surface area contributed by atoms with Crippen molar-refractivity contribution in [2.45, 2.75) is 4.90 Å². The Hall–Kier alpha value is -1.44. The quantitative estimate of drug-likeness (QED) is 0.782. The lowest BCUT2D eigenvalue weighted by Crippen LogP contribution is -2.13. The largest absolute Gasteiger partial charge is 0.495 e. The standard InChI is InChI=1S/C13H12BrClN2O3S/c1-20-13-6-8(2-4-11(13)15)17-21(18,19)9-3-5-12(16)10(14)7-9/h2-7,17H,16H2,1H3. The molecule has 0 heterocycles. The average Bonchev–Trinajstić information content (AvgIpc) is 2.43. The zero-order valence-electron chi connectivity index (χ0n) is 10.9. The van der Waals surface area contributed by atoms with E-state index >= 15 is 0 Å². The van der Waals surface area contributed by atoms with Crippen molar-refractivity contribution in [1.29, 1.82) is 0 Å². The van der Waals surface area contributed by atoms with Gasteiger partial charge < -0.3 is 10.5 Å². The van der Waals surface area contributed by atoms with Crippen LogP contribution in [0.3, 0.4) is 0 Å². The molecule has 0 aliphatic carbocycles. The van der Waals surface area contributed by atoms with Gasteiger partial charge in [0.2, 0.25) is 0 Å².